The van der Waals surface area contributed by atoms with Crippen LogP contribution in [0.25, 0.3) is 10.9 Å². The average Bonchev–Trinajstić information content (AvgIpc) is 2.86. The minimum atomic E-state index is -2.26. The van der Waals surface area contributed by atoms with Crippen LogP contribution in [0.1, 0.15) is 42.5 Å². The first kappa shape index (κ1) is 25.0. The van der Waals surface area contributed by atoms with Crippen LogP contribution < -0.4 is 10.1 Å². The summed E-state index contributed by atoms with van der Waals surface area (Å²) in [5, 5.41) is 4.17. The highest BCUT2D eigenvalue weighted by atomic mass is 32.2. The molecule has 2 heterocycles. The van der Waals surface area contributed by atoms with Gasteiger partial charge in [-0.15, -0.1) is 0 Å². The fraction of sp³-hybridized carbons (Fsp3) is 0.481. The van der Waals surface area contributed by atoms with Gasteiger partial charge in [-0.05, 0) is 56.4 Å². The van der Waals surface area contributed by atoms with Crippen molar-refractivity contribution in [1.82, 2.24) is 15.3 Å². The summed E-state index contributed by atoms with van der Waals surface area (Å²) in [5.74, 6) is 1.36. The summed E-state index contributed by atoms with van der Waals surface area (Å²) in [7, 11) is -0.512. The zero-order valence-electron chi connectivity index (χ0n) is 20.8. The molecule has 3 aromatic rings. The molecule has 1 saturated heterocycles. The van der Waals surface area contributed by atoms with Crippen molar-refractivity contribution >= 4 is 26.3 Å². The Morgan fingerprint density at radius 3 is 2.58 bits per heavy atom. The molecule has 5 rings (SSSR count). The molecule has 2 fully saturated rings. The molecule has 1 saturated carbocycles. The molecule has 192 valence electrons. The van der Waals surface area contributed by atoms with Crippen molar-refractivity contribution in [2.45, 2.75) is 51.2 Å². The van der Waals surface area contributed by atoms with Gasteiger partial charge < -0.3 is 14.8 Å². The molecule has 1 aliphatic carbocycles. The van der Waals surface area contributed by atoms with E-state index in [1.54, 1.807) is 19.5 Å². The molecular weight excluding hydrogens is 479 g/mol. The van der Waals surface area contributed by atoms with E-state index in [1.165, 1.54) is 12.1 Å². The van der Waals surface area contributed by atoms with Crippen molar-refractivity contribution in [2.24, 2.45) is 4.36 Å². The third-order valence-corrected chi connectivity index (χ3v) is 9.33. The van der Waals surface area contributed by atoms with Gasteiger partial charge in [-0.2, -0.15) is 4.36 Å². The SMILES string of the molecule is COC1CCC(Oc2cc(F)ccc2Cc2ncnc3cc(N=S4(=O)CCNCC4)cc(C)c23)CC1. The Morgan fingerprint density at radius 2 is 1.83 bits per heavy atom. The molecule has 0 unspecified atom stereocenters. The highest BCUT2D eigenvalue weighted by Gasteiger charge is 2.23. The lowest BCUT2D eigenvalue weighted by Gasteiger charge is -2.28. The van der Waals surface area contributed by atoms with Gasteiger partial charge in [0, 0.05) is 55.1 Å². The molecule has 0 atom stereocenters. The predicted molar refractivity (Wildman–Crippen MR) is 140 cm³/mol. The predicted octanol–water partition coefficient (Wildman–Crippen LogP) is 4.71. The Labute approximate surface area is 212 Å². The van der Waals surface area contributed by atoms with Gasteiger partial charge in [0.25, 0.3) is 0 Å². The molecule has 7 nitrogen and oxygen atoms in total. The number of rotatable bonds is 6. The van der Waals surface area contributed by atoms with E-state index >= 15 is 0 Å². The van der Waals surface area contributed by atoms with Gasteiger partial charge in [0.1, 0.15) is 17.9 Å². The van der Waals surface area contributed by atoms with E-state index in [-0.39, 0.29) is 18.0 Å². The standard InChI is InChI=1S/C27H33FN4O3S/c1-18-13-21(32-36(33)11-9-29-10-12-36)16-25-27(18)24(30-17-31-25)14-19-3-4-20(28)15-26(19)35-23-7-5-22(34-2)6-8-23/h3-4,13,15-17,22-23,29H,5-12,14H2,1-2H3. The normalized spacial score (nSPS) is 21.9. The van der Waals surface area contributed by atoms with Gasteiger partial charge in [0.2, 0.25) is 0 Å². The van der Waals surface area contributed by atoms with Gasteiger partial charge in [-0.25, -0.2) is 18.6 Å². The van der Waals surface area contributed by atoms with Crippen LogP contribution in [0, 0.1) is 12.7 Å². The summed E-state index contributed by atoms with van der Waals surface area (Å²) < 4.78 is 43.7. The number of hydrogen-bond acceptors (Lipinski definition) is 7. The highest BCUT2D eigenvalue weighted by molar-refractivity contribution is 7.93. The van der Waals surface area contributed by atoms with E-state index in [4.69, 9.17) is 9.47 Å². The molecule has 0 bridgehead atoms. The summed E-state index contributed by atoms with van der Waals surface area (Å²) in [6.07, 6.45) is 6.00. The molecular formula is C27H33FN4O3S. The summed E-state index contributed by atoms with van der Waals surface area (Å²) in [6, 6.07) is 8.56. The number of halogens is 1. The van der Waals surface area contributed by atoms with Gasteiger partial charge in [0.05, 0.1) is 38.8 Å². The molecule has 2 aliphatic rings. The molecule has 1 aliphatic heterocycles. The number of nitrogens with one attached hydrogen (secondary N) is 1. The lowest BCUT2D eigenvalue weighted by molar-refractivity contribution is 0.0324. The topological polar surface area (TPSA) is 85.7 Å². The minimum absolute atomic E-state index is 0.0434. The zero-order chi connectivity index (χ0) is 25.1. The molecule has 1 N–H and O–H groups in total. The van der Waals surface area contributed by atoms with Gasteiger partial charge in [0.15, 0.2) is 0 Å². The van der Waals surface area contributed by atoms with Gasteiger partial charge in [-0.1, -0.05) is 6.07 Å². The van der Waals surface area contributed by atoms with Crippen molar-refractivity contribution in [3.63, 3.8) is 0 Å². The maximum absolute atomic E-state index is 14.2. The van der Waals surface area contributed by atoms with Crippen LogP contribution in [-0.4, -0.2) is 58.1 Å². The van der Waals surface area contributed by atoms with Gasteiger partial charge in [-0.3, -0.25) is 0 Å². The van der Waals surface area contributed by atoms with E-state index in [9.17, 15) is 8.60 Å². The summed E-state index contributed by atoms with van der Waals surface area (Å²) in [4.78, 5) is 9.07. The maximum Gasteiger partial charge on any atom is 0.126 e. The highest BCUT2D eigenvalue weighted by Crippen LogP contribution is 2.32. The number of nitrogens with zero attached hydrogens (tertiary/aromatic N) is 3. The summed E-state index contributed by atoms with van der Waals surface area (Å²) in [5.41, 5.74) is 4.15. The molecule has 9 heteroatoms. The first-order chi connectivity index (χ1) is 17.4. The third-order valence-electron chi connectivity index (χ3n) is 7.10. The second-order valence-corrected chi connectivity index (χ2v) is 12.2. The van der Waals surface area contributed by atoms with Crippen molar-refractivity contribution in [3.8, 4) is 5.75 Å². The van der Waals surface area contributed by atoms with Crippen LogP contribution in [-0.2, 0) is 20.9 Å². The van der Waals surface area contributed by atoms with Crippen molar-refractivity contribution in [1.29, 1.82) is 0 Å². The quantitative estimate of drug-likeness (QED) is 0.515. The number of methoxy groups -OCH3 is 1. The first-order valence-electron chi connectivity index (χ1n) is 12.6. The van der Waals surface area contributed by atoms with Crippen LogP contribution >= 0.6 is 0 Å². The van der Waals surface area contributed by atoms with Crippen molar-refractivity contribution in [3.05, 3.63) is 59.3 Å². The minimum Gasteiger partial charge on any atom is -0.490 e. The molecule has 0 amide bonds. The van der Waals surface area contributed by atoms with Crippen LogP contribution in [0.5, 0.6) is 5.75 Å². The Hall–Kier alpha value is -2.62. The van der Waals surface area contributed by atoms with E-state index < -0.39 is 9.73 Å². The Kier molecular flexibility index (Phi) is 7.50. The third kappa shape index (κ3) is 5.68. The Balaban J connectivity index is 1.44. The van der Waals surface area contributed by atoms with Crippen LogP contribution in [0.4, 0.5) is 10.1 Å². The number of hydrogen-bond donors (Lipinski definition) is 1. The van der Waals surface area contributed by atoms with E-state index in [0.717, 1.165) is 66.5 Å². The lowest BCUT2D eigenvalue weighted by atomic mass is 9.94. The largest absolute Gasteiger partial charge is 0.490 e. The summed E-state index contributed by atoms with van der Waals surface area (Å²) in [6.45, 7) is 3.44. The summed E-state index contributed by atoms with van der Waals surface area (Å²) >= 11 is 0. The fourth-order valence-corrected chi connectivity index (χ4v) is 6.95. The average molecular weight is 513 g/mol. The molecule has 2 aromatic carbocycles. The fourth-order valence-electron chi connectivity index (χ4n) is 5.14. The second-order valence-electron chi connectivity index (χ2n) is 9.68. The molecule has 0 radical (unpaired) electrons. The monoisotopic (exact) mass is 512 g/mol. The number of aromatic nitrogens is 2. The van der Waals surface area contributed by atoms with Crippen molar-refractivity contribution < 1.29 is 18.1 Å². The van der Waals surface area contributed by atoms with Crippen LogP contribution in [0.15, 0.2) is 41.0 Å². The smallest absolute Gasteiger partial charge is 0.126 e. The second kappa shape index (κ2) is 10.8. The van der Waals surface area contributed by atoms with Crippen LogP contribution in [0.2, 0.25) is 0 Å². The Morgan fingerprint density at radius 1 is 1.08 bits per heavy atom. The molecule has 0 spiro atoms. The number of aryl methyl sites for hydroxylation is 1. The maximum atomic E-state index is 14.2. The number of ether oxygens (including phenoxy) is 2. The van der Waals surface area contributed by atoms with E-state index in [2.05, 4.69) is 19.6 Å². The van der Waals surface area contributed by atoms with E-state index in [1.807, 2.05) is 19.1 Å². The van der Waals surface area contributed by atoms with Crippen molar-refractivity contribution in [2.75, 3.05) is 31.7 Å². The number of fused-ring (bicyclic) bond motifs is 1. The van der Waals surface area contributed by atoms with E-state index in [0.29, 0.717) is 29.4 Å². The molecule has 1 aromatic heterocycles. The molecule has 36 heavy (non-hydrogen) atoms. The first-order valence-corrected chi connectivity index (χ1v) is 14.4. The zero-order valence-corrected chi connectivity index (χ0v) is 21.7. The number of benzene rings is 2. The lowest BCUT2D eigenvalue weighted by Crippen LogP contribution is -2.35. The van der Waals surface area contributed by atoms with Gasteiger partial charge >= 0.3 is 0 Å². The van der Waals surface area contributed by atoms with Crippen LogP contribution in [0.3, 0.4) is 0 Å². The Bertz CT molecular complexity index is 1350.